The van der Waals surface area contributed by atoms with E-state index in [-0.39, 0.29) is 23.8 Å². The van der Waals surface area contributed by atoms with Crippen molar-refractivity contribution in [3.8, 4) is 5.75 Å². The Hall–Kier alpha value is -3.87. The highest BCUT2D eigenvalue weighted by atomic mass is 19.1. The number of amides is 1. The summed E-state index contributed by atoms with van der Waals surface area (Å²) in [6.45, 7) is 2.64. The maximum atomic E-state index is 14.6. The monoisotopic (exact) mass is 462 g/mol. The van der Waals surface area contributed by atoms with Crippen LogP contribution in [0.1, 0.15) is 53.8 Å². The van der Waals surface area contributed by atoms with Crippen LogP contribution in [0.2, 0.25) is 0 Å². The number of hydrogen-bond acceptors (Lipinski definition) is 4. The van der Waals surface area contributed by atoms with Crippen molar-refractivity contribution in [1.29, 1.82) is 0 Å². The van der Waals surface area contributed by atoms with Crippen LogP contribution in [0.3, 0.4) is 0 Å². The minimum absolute atomic E-state index is 0.0555. The van der Waals surface area contributed by atoms with E-state index in [0.29, 0.717) is 35.7 Å². The quantitative estimate of drug-likeness (QED) is 0.464. The van der Waals surface area contributed by atoms with Gasteiger partial charge in [-0.1, -0.05) is 49.7 Å². The van der Waals surface area contributed by atoms with Crippen molar-refractivity contribution < 1.29 is 23.8 Å². The molecule has 2 N–H and O–H groups in total. The number of nitrogens with one attached hydrogen (secondary N) is 1. The average molecular weight is 463 g/mol. The topological polar surface area (TPSA) is 78.9 Å². The molecule has 0 aliphatic carbocycles. The summed E-state index contributed by atoms with van der Waals surface area (Å²) in [6, 6.07) is 18.8. The summed E-state index contributed by atoms with van der Waals surface area (Å²) in [5.41, 5.74) is 2.23. The second-order valence-electron chi connectivity index (χ2n) is 8.31. The molecule has 0 radical (unpaired) electrons. The second kappa shape index (κ2) is 10.4. The van der Waals surface area contributed by atoms with Gasteiger partial charge in [0.1, 0.15) is 17.7 Å². The number of nitrogens with zero attached hydrogens (tertiary/aromatic N) is 1. The minimum Gasteiger partial charge on any atom is -0.483 e. The van der Waals surface area contributed by atoms with E-state index in [9.17, 15) is 19.1 Å². The molecule has 4 rings (SSSR count). The first kappa shape index (κ1) is 23.3. The smallest absolute Gasteiger partial charge is 0.337 e. The number of rotatable bonds is 7. The molecule has 3 aromatic rings. The molecule has 0 aromatic heterocycles. The van der Waals surface area contributed by atoms with Crippen LogP contribution in [0.15, 0.2) is 66.7 Å². The molecule has 7 heteroatoms. The van der Waals surface area contributed by atoms with Gasteiger partial charge >= 0.3 is 5.97 Å². The molecule has 1 aliphatic rings. The number of anilines is 2. The van der Waals surface area contributed by atoms with Crippen LogP contribution in [0, 0.1) is 5.82 Å². The number of para-hydroxylation sites is 1. The van der Waals surface area contributed by atoms with Gasteiger partial charge < -0.3 is 20.1 Å². The Morgan fingerprint density at radius 3 is 2.65 bits per heavy atom. The number of hydrogen-bond donors (Lipinski definition) is 2. The largest absolute Gasteiger partial charge is 0.483 e. The van der Waals surface area contributed by atoms with Gasteiger partial charge in [0.25, 0.3) is 0 Å². The van der Waals surface area contributed by atoms with Gasteiger partial charge in [0.05, 0.1) is 17.8 Å². The van der Waals surface area contributed by atoms with Gasteiger partial charge in [-0.25, -0.2) is 9.18 Å². The van der Waals surface area contributed by atoms with Crippen molar-refractivity contribution in [1.82, 2.24) is 0 Å². The van der Waals surface area contributed by atoms with Crippen LogP contribution in [0.5, 0.6) is 5.75 Å². The maximum Gasteiger partial charge on any atom is 0.337 e. The van der Waals surface area contributed by atoms with E-state index in [2.05, 4.69) is 5.32 Å². The van der Waals surface area contributed by atoms with E-state index in [1.54, 1.807) is 30.3 Å². The standard InChI is InChI=1S/C27H27FN2O4/c1-2-3-12-26(31)29-19-13-14-23(21(15-19)27(32)33)30-16-18-8-4-7-11-24(18)34-25(17-30)20-9-5-6-10-22(20)28/h4-11,13-15,25H,2-3,12,16-17H2,1H3,(H,29,31)(H,32,33). The molecule has 0 fully saturated rings. The van der Waals surface area contributed by atoms with Crippen LogP contribution >= 0.6 is 0 Å². The molecule has 1 heterocycles. The number of benzene rings is 3. The van der Waals surface area contributed by atoms with Crippen molar-refractivity contribution in [3.63, 3.8) is 0 Å². The number of ether oxygens (including phenoxy) is 1. The van der Waals surface area contributed by atoms with Gasteiger partial charge in [-0.3, -0.25) is 4.79 Å². The first-order valence-corrected chi connectivity index (χ1v) is 11.4. The number of carbonyl (C=O) groups is 2. The summed E-state index contributed by atoms with van der Waals surface area (Å²) in [5.74, 6) is -1.01. The van der Waals surface area contributed by atoms with Gasteiger partial charge in [-0.15, -0.1) is 0 Å². The lowest BCUT2D eigenvalue weighted by Gasteiger charge is -2.28. The molecule has 0 saturated heterocycles. The molecule has 1 aliphatic heterocycles. The predicted octanol–water partition coefficient (Wildman–Crippen LogP) is 5.79. The second-order valence-corrected chi connectivity index (χ2v) is 8.31. The Bertz CT molecular complexity index is 1200. The molecule has 0 spiro atoms. The third-order valence-electron chi connectivity index (χ3n) is 5.85. The third kappa shape index (κ3) is 5.20. The van der Waals surface area contributed by atoms with Crippen LogP contribution in [0.4, 0.5) is 15.8 Å². The SMILES string of the molecule is CCCCC(=O)Nc1ccc(N2Cc3ccccc3OC(c3ccccc3F)C2)c(C(=O)O)c1. The molecule has 1 unspecified atom stereocenters. The number of carbonyl (C=O) groups excluding carboxylic acids is 1. The fraction of sp³-hybridized carbons (Fsp3) is 0.259. The van der Waals surface area contributed by atoms with Crippen LogP contribution in [-0.2, 0) is 11.3 Å². The fourth-order valence-corrected chi connectivity index (χ4v) is 4.11. The molecule has 1 atom stereocenters. The fourth-order valence-electron chi connectivity index (χ4n) is 4.11. The van der Waals surface area contributed by atoms with E-state index < -0.39 is 12.1 Å². The Balaban J connectivity index is 1.70. The normalized spacial score (nSPS) is 15.1. The van der Waals surface area contributed by atoms with Gasteiger partial charge in [0, 0.05) is 29.8 Å². The van der Waals surface area contributed by atoms with Crippen molar-refractivity contribution in [2.45, 2.75) is 38.8 Å². The van der Waals surface area contributed by atoms with Crippen molar-refractivity contribution in [2.24, 2.45) is 0 Å². The molecule has 0 saturated carbocycles. The summed E-state index contributed by atoms with van der Waals surface area (Å²) in [4.78, 5) is 26.2. The maximum absolute atomic E-state index is 14.6. The number of halogens is 1. The molecule has 3 aromatic carbocycles. The summed E-state index contributed by atoms with van der Waals surface area (Å²) in [7, 11) is 0. The average Bonchev–Trinajstić information content (AvgIpc) is 3.02. The lowest BCUT2D eigenvalue weighted by Crippen LogP contribution is -2.30. The Kier molecular flexibility index (Phi) is 7.11. The lowest BCUT2D eigenvalue weighted by molar-refractivity contribution is -0.116. The van der Waals surface area contributed by atoms with Gasteiger partial charge in [-0.05, 0) is 36.8 Å². The van der Waals surface area contributed by atoms with E-state index in [4.69, 9.17) is 4.74 Å². The molecule has 0 bridgehead atoms. The Labute approximate surface area is 198 Å². The number of fused-ring (bicyclic) bond motifs is 1. The highest BCUT2D eigenvalue weighted by Gasteiger charge is 2.28. The number of carboxylic acid groups (broad SMARTS) is 1. The van der Waals surface area contributed by atoms with E-state index in [1.165, 1.54) is 12.1 Å². The van der Waals surface area contributed by atoms with Crippen LogP contribution < -0.4 is 15.0 Å². The zero-order valence-electron chi connectivity index (χ0n) is 19.0. The zero-order chi connectivity index (χ0) is 24.1. The van der Waals surface area contributed by atoms with E-state index in [0.717, 1.165) is 18.4 Å². The molecule has 34 heavy (non-hydrogen) atoms. The van der Waals surface area contributed by atoms with Crippen molar-refractivity contribution in [3.05, 3.63) is 89.2 Å². The van der Waals surface area contributed by atoms with Gasteiger partial charge in [0.15, 0.2) is 0 Å². The summed E-state index contributed by atoms with van der Waals surface area (Å²) in [5, 5.41) is 12.7. The number of carboxylic acids is 1. The van der Waals surface area contributed by atoms with Crippen molar-refractivity contribution in [2.75, 3.05) is 16.8 Å². The molecule has 1 amide bonds. The summed E-state index contributed by atoms with van der Waals surface area (Å²) >= 11 is 0. The zero-order valence-corrected chi connectivity index (χ0v) is 19.0. The predicted molar refractivity (Wildman–Crippen MR) is 129 cm³/mol. The molecule has 176 valence electrons. The summed E-state index contributed by atoms with van der Waals surface area (Å²) < 4.78 is 20.9. The van der Waals surface area contributed by atoms with Crippen LogP contribution in [0.25, 0.3) is 0 Å². The first-order valence-electron chi connectivity index (χ1n) is 11.4. The van der Waals surface area contributed by atoms with Gasteiger partial charge in [-0.2, -0.15) is 0 Å². The lowest BCUT2D eigenvalue weighted by atomic mass is 10.1. The summed E-state index contributed by atoms with van der Waals surface area (Å²) in [6.07, 6.45) is 1.40. The number of unbranched alkanes of at least 4 members (excludes halogenated alkanes) is 1. The number of aromatic carboxylic acids is 1. The Morgan fingerprint density at radius 2 is 1.88 bits per heavy atom. The highest BCUT2D eigenvalue weighted by molar-refractivity contribution is 5.98. The van der Waals surface area contributed by atoms with E-state index >= 15 is 0 Å². The third-order valence-corrected chi connectivity index (χ3v) is 5.85. The molecular weight excluding hydrogens is 435 g/mol. The first-order chi connectivity index (χ1) is 16.5. The molecule has 6 nitrogen and oxygen atoms in total. The van der Waals surface area contributed by atoms with Crippen molar-refractivity contribution >= 4 is 23.3 Å². The highest BCUT2D eigenvalue weighted by Crippen LogP contribution is 2.36. The van der Waals surface area contributed by atoms with E-state index in [1.807, 2.05) is 36.1 Å². The van der Waals surface area contributed by atoms with Crippen LogP contribution in [-0.4, -0.2) is 23.5 Å². The Morgan fingerprint density at radius 1 is 1.12 bits per heavy atom. The van der Waals surface area contributed by atoms with Gasteiger partial charge in [0.2, 0.25) is 5.91 Å². The minimum atomic E-state index is -1.11. The molecular formula is C27H27FN2O4.